The number of aliphatic carboxylic acids is 1. The Kier molecular flexibility index (Phi) is 12.2. The number of carbonyl (C=O) groups excluding carboxylic acids is 3. The summed E-state index contributed by atoms with van der Waals surface area (Å²) < 4.78 is 37.0. The molecule has 5 aromatic rings. The number of fused-ring (bicyclic) bond motifs is 2. The molecule has 0 saturated carbocycles. The van der Waals surface area contributed by atoms with Gasteiger partial charge in [-0.25, -0.2) is 20.2 Å². The Bertz CT molecular complexity index is 1900. The number of hydroxylamine groups is 1. The average molecular weight is 683 g/mol. The highest BCUT2D eigenvalue weighted by molar-refractivity contribution is 5.91. The number of methoxy groups -OCH3 is 1. The van der Waals surface area contributed by atoms with Crippen LogP contribution in [-0.2, 0) is 20.8 Å². The maximum atomic E-state index is 13.5. The molecule has 3 amide bonds. The van der Waals surface area contributed by atoms with Gasteiger partial charge in [-0.3, -0.25) is 9.63 Å². The second kappa shape index (κ2) is 16.5. The van der Waals surface area contributed by atoms with Crippen LogP contribution in [0.15, 0.2) is 66.9 Å². The van der Waals surface area contributed by atoms with Crippen LogP contribution in [0.5, 0.6) is 5.75 Å². The number of H-pyrrole nitrogens is 3. The Morgan fingerprint density at radius 3 is 2.41 bits per heavy atom. The molecule has 260 valence electrons. The molecule has 3 aromatic carbocycles. The van der Waals surface area contributed by atoms with Gasteiger partial charge in [-0.1, -0.05) is 30.3 Å². The lowest BCUT2D eigenvalue weighted by Crippen LogP contribution is -2.37. The highest BCUT2D eigenvalue weighted by atomic mass is 19.4. The molecule has 12 nitrogen and oxygen atoms in total. The van der Waals surface area contributed by atoms with E-state index in [4.69, 9.17) is 14.6 Å². The average Bonchev–Trinajstić information content (AvgIpc) is 3.68. The number of aryl methyl sites for hydroxylation is 1. The van der Waals surface area contributed by atoms with E-state index in [9.17, 15) is 22.8 Å². The number of carbonyl (C=O) groups is 3. The Morgan fingerprint density at radius 1 is 0.980 bits per heavy atom. The third-order valence-corrected chi connectivity index (χ3v) is 7.68. The van der Waals surface area contributed by atoms with Gasteiger partial charge in [-0.2, -0.15) is 13.2 Å². The number of alkyl halides is 3. The van der Waals surface area contributed by atoms with E-state index in [0.29, 0.717) is 13.0 Å². The number of urea groups is 1. The first kappa shape index (κ1) is 36.3. The smallest absolute Gasteiger partial charge is 0.430 e. The number of amides is 3. The molecule has 0 spiro atoms. The summed E-state index contributed by atoms with van der Waals surface area (Å²) in [5.74, 6) is -1.53. The van der Waals surface area contributed by atoms with Gasteiger partial charge in [0.05, 0.1) is 20.6 Å². The van der Waals surface area contributed by atoms with Gasteiger partial charge in [0.25, 0.3) is 5.82 Å². The number of nitrogens with one attached hydrogen (secondary N) is 6. The lowest BCUT2D eigenvalue weighted by molar-refractivity contribution is -0.391. The summed E-state index contributed by atoms with van der Waals surface area (Å²) in [6.07, 6.45) is -0.839. The number of aromatic amines is 3. The molecule has 0 aliphatic carbocycles. The van der Waals surface area contributed by atoms with Crippen LogP contribution in [0.1, 0.15) is 42.4 Å². The molecule has 15 heteroatoms. The zero-order chi connectivity index (χ0) is 35.6. The number of carboxylic acid groups (broad SMARTS) is 1. The van der Waals surface area contributed by atoms with Crippen LogP contribution in [0.4, 0.5) is 18.0 Å². The van der Waals surface area contributed by atoms with E-state index >= 15 is 0 Å². The molecule has 0 radical (unpaired) electrons. The van der Waals surface area contributed by atoms with Crippen LogP contribution < -0.4 is 30.9 Å². The minimum absolute atomic E-state index is 0.0836. The fourth-order valence-electron chi connectivity index (χ4n) is 5.28. The van der Waals surface area contributed by atoms with E-state index in [1.807, 2.05) is 43.5 Å². The number of halogens is 3. The maximum Gasteiger partial charge on any atom is 0.430 e. The number of carboxylic acids is 1. The minimum atomic E-state index is -5.19. The molecule has 2 aromatic heterocycles. The first-order chi connectivity index (χ1) is 23.4. The van der Waals surface area contributed by atoms with Gasteiger partial charge >= 0.3 is 12.2 Å². The second-order valence-corrected chi connectivity index (χ2v) is 11.1. The third-order valence-electron chi connectivity index (χ3n) is 7.68. The van der Waals surface area contributed by atoms with Gasteiger partial charge in [-0.15, -0.1) is 0 Å². The van der Waals surface area contributed by atoms with Crippen molar-refractivity contribution in [1.29, 1.82) is 0 Å². The van der Waals surface area contributed by atoms with Gasteiger partial charge in [0, 0.05) is 28.7 Å². The summed E-state index contributed by atoms with van der Waals surface area (Å²) in [5.41, 5.74) is 7.10. The number of hydrogen-bond donors (Lipinski definition) is 5. The zero-order valence-electron chi connectivity index (χ0n) is 27.0. The third kappa shape index (κ3) is 9.96. The van der Waals surface area contributed by atoms with Crippen molar-refractivity contribution in [1.82, 2.24) is 26.1 Å². The normalized spacial score (nSPS) is 11.8. The number of unbranched alkanes of at least 4 members (excludes halogenated alkanes) is 1. The SMILES string of the molecule is CONC(=O)NCCCC[C@H](NC(=O)Cc1c(C)[nH]c2ccc(OC)cc12)c1[nH]c(-c2ccc3ccccc3c2)c[nH+]1.O=C([O-])C(F)(F)F. The summed E-state index contributed by atoms with van der Waals surface area (Å²) in [4.78, 5) is 48.7. The minimum Gasteiger partial charge on any atom is -0.542 e. The number of benzene rings is 3. The summed E-state index contributed by atoms with van der Waals surface area (Å²) in [7, 11) is 3.02. The van der Waals surface area contributed by atoms with Crippen LogP contribution in [0.25, 0.3) is 32.9 Å². The fourth-order valence-corrected chi connectivity index (χ4v) is 5.28. The van der Waals surface area contributed by atoms with Crippen molar-refractivity contribution in [2.45, 2.75) is 44.8 Å². The first-order valence-electron chi connectivity index (χ1n) is 15.3. The summed E-state index contributed by atoms with van der Waals surface area (Å²) in [6, 6.07) is 19.8. The Morgan fingerprint density at radius 2 is 1.71 bits per heavy atom. The van der Waals surface area contributed by atoms with E-state index < -0.39 is 12.1 Å². The van der Waals surface area contributed by atoms with Crippen molar-refractivity contribution >= 4 is 39.6 Å². The van der Waals surface area contributed by atoms with E-state index in [-0.39, 0.29) is 24.4 Å². The van der Waals surface area contributed by atoms with Crippen molar-refractivity contribution in [3.63, 3.8) is 0 Å². The van der Waals surface area contributed by atoms with Crippen molar-refractivity contribution in [2.24, 2.45) is 0 Å². The zero-order valence-corrected chi connectivity index (χ0v) is 27.0. The predicted molar refractivity (Wildman–Crippen MR) is 173 cm³/mol. The Hall–Kier alpha value is -5.57. The van der Waals surface area contributed by atoms with Crippen molar-refractivity contribution < 1.29 is 47.2 Å². The summed E-state index contributed by atoms with van der Waals surface area (Å²) in [5, 5.41) is 18.1. The topological polar surface area (TPSA) is 175 Å². The van der Waals surface area contributed by atoms with Gasteiger partial charge in [0.2, 0.25) is 5.91 Å². The van der Waals surface area contributed by atoms with Crippen molar-refractivity contribution in [3.8, 4) is 17.0 Å². The van der Waals surface area contributed by atoms with E-state index in [1.54, 1.807) is 7.11 Å². The predicted octanol–water partition coefficient (Wildman–Crippen LogP) is 4.18. The second-order valence-electron chi connectivity index (χ2n) is 11.1. The highest BCUT2D eigenvalue weighted by Crippen LogP contribution is 2.28. The molecular weight excluding hydrogens is 645 g/mol. The maximum absolute atomic E-state index is 13.5. The van der Waals surface area contributed by atoms with Crippen LogP contribution in [0.3, 0.4) is 0 Å². The Balaban J connectivity index is 0.000000698. The number of aromatic nitrogens is 3. The van der Waals surface area contributed by atoms with Gasteiger partial charge in [0.15, 0.2) is 5.69 Å². The van der Waals surface area contributed by atoms with Crippen LogP contribution >= 0.6 is 0 Å². The van der Waals surface area contributed by atoms with Crippen molar-refractivity contribution in [3.05, 3.63) is 83.9 Å². The molecule has 0 unspecified atom stereocenters. The molecule has 1 atom stereocenters. The Labute approximate surface area is 279 Å². The molecule has 5 rings (SSSR count). The quantitative estimate of drug-likeness (QED) is 0.0975. The lowest BCUT2D eigenvalue weighted by Gasteiger charge is -2.15. The van der Waals surface area contributed by atoms with Crippen LogP contribution in [0.2, 0.25) is 0 Å². The van der Waals surface area contributed by atoms with Crippen LogP contribution in [-0.4, -0.2) is 54.8 Å². The molecule has 0 saturated heterocycles. The first-order valence-corrected chi connectivity index (χ1v) is 15.3. The van der Waals surface area contributed by atoms with Gasteiger partial charge < -0.3 is 30.3 Å². The standard InChI is InChI=1S/C32H36N6O4.C2HF3O2/c1-20-25(26-17-24(41-2)13-14-27(26)35-20)18-30(39)36-28(10-6-7-15-33-32(40)38-42-3)31-34-19-29(37-31)23-12-11-21-8-4-5-9-22(21)16-23;3-2(4,5)1(6)7/h4-5,8-9,11-14,16-17,19,28,35H,6-7,10,15,18H2,1-3H3,(H,34,37)(H,36,39)(H2,33,38,40);(H,6,7)/t28-;/m0./s1. The van der Waals surface area contributed by atoms with Gasteiger partial charge in [0.1, 0.15) is 24.0 Å². The highest BCUT2D eigenvalue weighted by Gasteiger charge is 2.29. The number of imidazole rings is 1. The molecule has 6 N–H and O–H groups in total. The van der Waals surface area contributed by atoms with E-state index in [2.05, 4.69) is 66.2 Å². The summed E-state index contributed by atoms with van der Waals surface area (Å²) in [6.45, 7) is 2.47. The molecule has 49 heavy (non-hydrogen) atoms. The largest absolute Gasteiger partial charge is 0.542 e. The lowest BCUT2D eigenvalue weighted by atomic mass is 10.0. The van der Waals surface area contributed by atoms with Gasteiger partial charge in [-0.05, 0) is 72.9 Å². The van der Waals surface area contributed by atoms with Crippen molar-refractivity contribution in [2.75, 3.05) is 20.8 Å². The molecule has 2 heterocycles. The number of ether oxygens (including phenoxy) is 1. The van der Waals surface area contributed by atoms with E-state index in [1.165, 1.54) is 12.5 Å². The molecule has 0 fully saturated rings. The molecule has 0 bridgehead atoms. The number of hydrogen-bond acceptors (Lipinski definition) is 6. The molecule has 0 aliphatic rings. The molecule has 0 aliphatic heterocycles. The molecular formula is C34H37F3N6O6. The van der Waals surface area contributed by atoms with Crippen LogP contribution in [0, 0.1) is 6.92 Å². The monoisotopic (exact) mass is 682 g/mol. The summed E-state index contributed by atoms with van der Waals surface area (Å²) >= 11 is 0. The number of rotatable bonds is 12. The van der Waals surface area contributed by atoms with E-state index in [0.717, 1.165) is 63.2 Å². The fraction of sp³-hybridized carbons (Fsp3) is 0.294.